The van der Waals surface area contributed by atoms with Crippen molar-refractivity contribution in [2.45, 2.75) is 12.6 Å². The summed E-state index contributed by atoms with van der Waals surface area (Å²) in [5, 5.41) is 2.97. The van der Waals surface area contributed by atoms with Crippen LogP contribution in [0.15, 0.2) is 18.2 Å². The number of halogens is 1. The van der Waals surface area contributed by atoms with E-state index in [0.717, 1.165) is 5.56 Å². The van der Waals surface area contributed by atoms with Gasteiger partial charge in [0.2, 0.25) is 5.91 Å². The fourth-order valence-corrected chi connectivity index (χ4v) is 2.25. The number of hydrogen-bond donors (Lipinski definition) is 2. The number of rotatable bonds is 4. The van der Waals surface area contributed by atoms with Crippen LogP contribution in [0.3, 0.4) is 0 Å². The summed E-state index contributed by atoms with van der Waals surface area (Å²) in [7, 11) is 1.80. The first-order chi connectivity index (χ1) is 9.11. The number of nitrogens with zero attached hydrogens (tertiary/aromatic N) is 1. The Morgan fingerprint density at radius 1 is 1.58 bits per heavy atom. The summed E-state index contributed by atoms with van der Waals surface area (Å²) >= 11 is 0. The first kappa shape index (κ1) is 13.8. The standard InChI is InChI=1S/C13H18FN3O2/c1-16-7-9-4-10(14)6-11(5-9)17-2-3-19-8-12(17)13(15)18/h4-6,12,16H,2-3,7-8H2,1H3,(H2,15,18). The molecule has 1 aromatic carbocycles. The molecule has 1 fully saturated rings. The number of benzene rings is 1. The lowest BCUT2D eigenvalue weighted by atomic mass is 10.1. The van der Waals surface area contributed by atoms with E-state index >= 15 is 0 Å². The second-order valence-electron chi connectivity index (χ2n) is 4.53. The molecule has 1 aliphatic rings. The largest absolute Gasteiger partial charge is 0.377 e. The van der Waals surface area contributed by atoms with Crippen LogP contribution in [0.5, 0.6) is 0 Å². The Labute approximate surface area is 111 Å². The number of anilines is 1. The van der Waals surface area contributed by atoms with Crippen LogP contribution in [0.25, 0.3) is 0 Å². The normalized spacial score (nSPS) is 19.5. The van der Waals surface area contributed by atoms with Crippen LogP contribution >= 0.6 is 0 Å². The Morgan fingerprint density at radius 3 is 3.05 bits per heavy atom. The summed E-state index contributed by atoms with van der Waals surface area (Å²) in [4.78, 5) is 13.2. The molecular weight excluding hydrogens is 249 g/mol. The fourth-order valence-electron chi connectivity index (χ4n) is 2.25. The summed E-state index contributed by atoms with van der Waals surface area (Å²) in [6.45, 7) is 1.83. The van der Waals surface area contributed by atoms with Crippen LogP contribution in [-0.4, -0.2) is 38.8 Å². The average Bonchev–Trinajstić information content (AvgIpc) is 2.38. The van der Waals surface area contributed by atoms with Gasteiger partial charge >= 0.3 is 0 Å². The van der Waals surface area contributed by atoms with E-state index in [1.807, 2.05) is 6.07 Å². The van der Waals surface area contributed by atoms with Crippen LogP contribution in [0.2, 0.25) is 0 Å². The van der Waals surface area contributed by atoms with Gasteiger partial charge in [0.15, 0.2) is 0 Å². The minimum absolute atomic E-state index is 0.243. The monoisotopic (exact) mass is 267 g/mol. The summed E-state index contributed by atoms with van der Waals surface area (Å²) in [6, 6.07) is 4.21. The fraction of sp³-hybridized carbons (Fsp3) is 0.462. The van der Waals surface area contributed by atoms with E-state index in [2.05, 4.69) is 5.32 Å². The molecule has 3 N–H and O–H groups in total. The smallest absolute Gasteiger partial charge is 0.242 e. The quantitative estimate of drug-likeness (QED) is 0.820. The predicted molar refractivity (Wildman–Crippen MR) is 70.3 cm³/mol. The zero-order valence-electron chi connectivity index (χ0n) is 10.9. The maximum atomic E-state index is 13.6. The summed E-state index contributed by atoms with van der Waals surface area (Å²) in [6.07, 6.45) is 0. The first-order valence-electron chi connectivity index (χ1n) is 6.19. The Bertz CT molecular complexity index is 467. The number of nitrogens with one attached hydrogen (secondary N) is 1. The molecule has 1 aromatic rings. The molecule has 1 heterocycles. The molecule has 6 heteroatoms. The number of morpholine rings is 1. The minimum atomic E-state index is -0.544. The van der Waals surface area contributed by atoms with Crippen molar-refractivity contribution in [1.29, 1.82) is 0 Å². The van der Waals surface area contributed by atoms with Gasteiger partial charge in [-0.1, -0.05) is 0 Å². The van der Waals surface area contributed by atoms with Crippen molar-refractivity contribution in [3.05, 3.63) is 29.6 Å². The first-order valence-corrected chi connectivity index (χ1v) is 6.19. The van der Waals surface area contributed by atoms with Crippen molar-refractivity contribution in [3.63, 3.8) is 0 Å². The van der Waals surface area contributed by atoms with Crippen LogP contribution in [-0.2, 0) is 16.1 Å². The number of carbonyl (C=O) groups excluding carboxylic acids is 1. The molecule has 0 aliphatic carbocycles. The second-order valence-corrected chi connectivity index (χ2v) is 4.53. The van der Waals surface area contributed by atoms with Crippen molar-refractivity contribution in [2.75, 3.05) is 31.7 Å². The lowest BCUT2D eigenvalue weighted by Crippen LogP contribution is -2.52. The van der Waals surface area contributed by atoms with E-state index in [1.165, 1.54) is 12.1 Å². The van der Waals surface area contributed by atoms with Crippen LogP contribution in [0.1, 0.15) is 5.56 Å². The van der Waals surface area contributed by atoms with Crippen molar-refractivity contribution < 1.29 is 13.9 Å². The van der Waals surface area contributed by atoms with Gasteiger partial charge in [-0.3, -0.25) is 4.79 Å². The van der Waals surface area contributed by atoms with Crippen molar-refractivity contribution in [1.82, 2.24) is 5.32 Å². The van der Waals surface area contributed by atoms with Crippen LogP contribution < -0.4 is 16.0 Å². The molecular formula is C13H18FN3O2. The Hall–Kier alpha value is -1.66. The van der Waals surface area contributed by atoms with Crippen molar-refractivity contribution >= 4 is 11.6 Å². The van der Waals surface area contributed by atoms with E-state index in [-0.39, 0.29) is 12.4 Å². The second kappa shape index (κ2) is 5.99. The highest BCUT2D eigenvalue weighted by atomic mass is 19.1. The summed E-state index contributed by atoms with van der Waals surface area (Å²) < 4.78 is 18.9. The van der Waals surface area contributed by atoms with Gasteiger partial charge in [0.05, 0.1) is 13.2 Å². The topological polar surface area (TPSA) is 67.6 Å². The molecule has 19 heavy (non-hydrogen) atoms. The maximum Gasteiger partial charge on any atom is 0.242 e. The third-order valence-corrected chi connectivity index (χ3v) is 3.11. The molecule has 5 nitrogen and oxygen atoms in total. The zero-order valence-corrected chi connectivity index (χ0v) is 10.9. The molecule has 1 atom stereocenters. The number of nitrogens with two attached hydrogens (primary N) is 1. The summed E-state index contributed by atoms with van der Waals surface area (Å²) in [5.74, 6) is -0.781. The van der Waals surface area contributed by atoms with E-state index in [1.54, 1.807) is 11.9 Å². The highest BCUT2D eigenvalue weighted by Crippen LogP contribution is 2.22. The number of ether oxygens (including phenoxy) is 1. The van der Waals surface area contributed by atoms with Crippen LogP contribution in [0, 0.1) is 5.82 Å². The van der Waals surface area contributed by atoms with Crippen molar-refractivity contribution in [2.24, 2.45) is 5.73 Å². The molecule has 1 aliphatic heterocycles. The number of carbonyl (C=O) groups is 1. The Kier molecular flexibility index (Phi) is 4.34. The highest BCUT2D eigenvalue weighted by molar-refractivity contribution is 5.84. The third-order valence-electron chi connectivity index (χ3n) is 3.11. The molecule has 0 aromatic heterocycles. The van der Waals surface area contributed by atoms with Crippen molar-refractivity contribution in [3.8, 4) is 0 Å². The van der Waals surface area contributed by atoms with E-state index in [9.17, 15) is 9.18 Å². The molecule has 0 radical (unpaired) electrons. The van der Waals surface area contributed by atoms with Gasteiger partial charge in [-0.25, -0.2) is 4.39 Å². The van der Waals surface area contributed by atoms with E-state index in [0.29, 0.717) is 25.4 Å². The van der Waals surface area contributed by atoms with Gasteiger partial charge in [-0.05, 0) is 30.8 Å². The van der Waals surface area contributed by atoms with Gasteiger partial charge in [0.25, 0.3) is 0 Å². The minimum Gasteiger partial charge on any atom is -0.377 e. The molecule has 104 valence electrons. The van der Waals surface area contributed by atoms with Gasteiger partial charge in [0.1, 0.15) is 11.9 Å². The number of primary amides is 1. The predicted octanol–water partition coefficient (Wildman–Crippen LogP) is 0.236. The molecule has 0 saturated carbocycles. The number of hydrogen-bond acceptors (Lipinski definition) is 4. The molecule has 0 spiro atoms. The summed E-state index contributed by atoms with van der Waals surface area (Å²) in [5.41, 5.74) is 6.85. The van der Waals surface area contributed by atoms with Gasteiger partial charge in [0, 0.05) is 18.8 Å². The number of amides is 1. The zero-order chi connectivity index (χ0) is 13.8. The van der Waals surface area contributed by atoms with E-state index in [4.69, 9.17) is 10.5 Å². The lowest BCUT2D eigenvalue weighted by Gasteiger charge is -2.35. The highest BCUT2D eigenvalue weighted by Gasteiger charge is 2.28. The molecule has 2 rings (SSSR count). The molecule has 1 amide bonds. The van der Waals surface area contributed by atoms with Gasteiger partial charge in [-0.15, -0.1) is 0 Å². The SMILES string of the molecule is CNCc1cc(F)cc(N2CCOCC2C(N)=O)c1. The molecule has 1 unspecified atom stereocenters. The lowest BCUT2D eigenvalue weighted by molar-refractivity contribution is -0.121. The van der Waals surface area contributed by atoms with Gasteiger partial charge in [-0.2, -0.15) is 0 Å². The third kappa shape index (κ3) is 3.21. The maximum absolute atomic E-state index is 13.6. The van der Waals surface area contributed by atoms with E-state index < -0.39 is 11.9 Å². The Morgan fingerprint density at radius 2 is 2.37 bits per heavy atom. The molecule has 1 saturated heterocycles. The Balaban J connectivity index is 2.30. The molecule has 0 bridgehead atoms. The van der Waals surface area contributed by atoms with Gasteiger partial charge < -0.3 is 20.7 Å². The van der Waals surface area contributed by atoms with Crippen LogP contribution in [0.4, 0.5) is 10.1 Å². The average molecular weight is 267 g/mol.